The van der Waals surface area contributed by atoms with Crippen LogP contribution < -0.4 is 10.6 Å². The van der Waals surface area contributed by atoms with Gasteiger partial charge in [-0.15, -0.1) is 0 Å². The molecular weight excluding hydrogens is 266 g/mol. The molecule has 1 aromatic carbocycles. The van der Waals surface area contributed by atoms with Crippen molar-refractivity contribution in [1.29, 1.82) is 0 Å². The number of hydrogen-bond acceptors (Lipinski definition) is 4. The number of rotatable bonds is 3. The minimum atomic E-state index is 0.142. The van der Waals surface area contributed by atoms with Crippen molar-refractivity contribution in [3.8, 4) is 0 Å². The van der Waals surface area contributed by atoms with E-state index in [1.54, 1.807) is 0 Å². The minimum Gasteiger partial charge on any atom is -0.409 e. The Balaban J connectivity index is 1.71. The molecule has 5 nitrogen and oxygen atoms in total. The summed E-state index contributed by atoms with van der Waals surface area (Å²) in [5, 5.41) is 11.7. The van der Waals surface area contributed by atoms with E-state index in [1.165, 1.54) is 19.3 Å². The van der Waals surface area contributed by atoms with Gasteiger partial charge in [0, 0.05) is 30.9 Å². The lowest BCUT2D eigenvalue weighted by molar-refractivity contribution is -0.132. The largest absolute Gasteiger partial charge is 0.409 e. The summed E-state index contributed by atoms with van der Waals surface area (Å²) in [6.45, 7) is 0.858. The van der Waals surface area contributed by atoms with Crippen LogP contribution >= 0.6 is 0 Å². The normalized spacial score (nSPS) is 24.6. The van der Waals surface area contributed by atoms with Crippen molar-refractivity contribution in [2.24, 2.45) is 10.9 Å². The first-order valence-corrected chi connectivity index (χ1v) is 7.58. The Bertz CT molecular complexity index is 523. The molecular formula is C16H23N3O2. The van der Waals surface area contributed by atoms with Crippen molar-refractivity contribution < 1.29 is 9.94 Å². The second-order valence-electron chi connectivity index (χ2n) is 6.17. The van der Waals surface area contributed by atoms with Gasteiger partial charge in [-0.05, 0) is 56.4 Å². The molecule has 1 heterocycles. The summed E-state index contributed by atoms with van der Waals surface area (Å²) in [5.41, 5.74) is 7.64. The first-order chi connectivity index (χ1) is 10.1. The van der Waals surface area contributed by atoms with Gasteiger partial charge in [0.25, 0.3) is 0 Å². The van der Waals surface area contributed by atoms with Crippen LogP contribution in [0, 0.1) is 0 Å². The van der Waals surface area contributed by atoms with E-state index in [1.807, 2.05) is 24.3 Å². The van der Waals surface area contributed by atoms with Gasteiger partial charge in [0.2, 0.25) is 0 Å². The summed E-state index contributed by atoms with van der Waals surface area (Å²) in [6, 6.07) is 8.35. The van der Waals surface area contributed by atoms with E-state index in [0.29, 0.717) is 6.04 Å². The van der Waals surface area contributed by atoms with Gasteiger partial charge in [-0.1, -0.05) is 5.16 Å². The van der Waals surface area contributed by atoms with E-state index in [9.17, 15) is 0 Å². The van der Waals surface area contributed by atoms with Crippen molar-refractivity contribution in [2.75, 3.05) is 18.6 Å². The Morgan fingerprint density at radius 2 is 2.10 bits per heavy atom. The van der Waals surface area contributed by atoms with Crippen LogP contribution in [0.1, 0.15) is 37.7 Å². The van der Waals surface area contributed by atoms with Gasteiger partial charge in [-0.3, -0.25) is 0 Å². The van der Waals surface area contributed by atoms with E-state index in [4.69, 9.17) is 15.7 Å². The predicted molar refractivity (Wildman–Crippen MR) is 82.9 cm³/mol. The van der Waals surface area contributed by atoms with Crippen LogP contribution in [0.25, 0.3) is 0 Å². The number of anilines is 1. The van der Waals surface area contributed by atoms with Crippen molar-refractivity contribution in [1.82, 2.24) is 0 Å². The zero-order valence-electron chi connectivity index (χ0n) is 12.5. The Hall–Kier alpha value is -1.75. The van der Waals surface area contributed by atoms with Crippen LogP contribution in [0.2, 0.25) is 0 Å². The quantitative estimate of drug-likeness (QED) is 0.388. The standard InChI is InChI=1S/C16H23N3O2/c1-19(13-5-3-12(4-6-13)15(17)18-20)14-7-10-21-16(11-14)8-2-9-16/h3-6,14,20H,2,7-11H2,1H3,(H2,17,18). The van der Waals surface area contributed by atoms with E-state index >= 15 is 0 Å². The molecule has 1 aromatic rings. The number of oxime groups is 1. The second-order valence-corrected chi connectivity index (χ2v) is 6.17. The van der Waals surface area contributed by atoms with Gasteiger partial charge < -0.3 is 20.6 Å². The van der Waals surface area contributed by atoms with Crippen LogP contribution in [-0.4, -0.2) is 36.3 Å². The van der Waals surface area contributed by atoms with Gasteiger partial charge in [0.15, 0.2) is 5.84 Å². The molecule has 0 radical (unpaired) electrons. The van der Waals surface area contributed by atoms with Crippen LogP contribution in [0.5, 0.6) is 0 Å². The molecule has 1 spiro atoms. The smallest absolute Gasteiger partial charge is 0.170 e. The molecule has 21 heavy (non-hydrogen) atoms. The van der Waals surface area contributed by atoms with Crippen molar-refractivity contribution in [3.05, 3.63) is 29.8 Å². The van der Waals surface area contributed by atoms with E-state index in [0.717, 1.165) is 30.7 Å². The number of amidine groups is 1. The molecule has 5 heteroatoms. The van der Waals surface area contributed by atoms with Crippen LogP contribution in [0.4, 0.5) is 5.69 Å². The van der Waals surface area contributed by atoms with Gasteiger partial charge in [-0.25, -0.2) is 0 Å². The molecule has 3 rings (SSSR count). The van der Waals surface area contributed by atoms with Crippen LogP contribution in [0.15, 0.2) is 29.4 Å². The molecule has 1 atom stereocenters. The van der Waals surface area contributed by atoms with Crippen molar-refractivity contribution in [2.45, 2.75) is 43.7 Å². The number of hydrogen-bond donors (Lipinski definition) is 2. The van der Waals surface area contributed by atoms with Gasteiger partial charge in [-0.2, -0.15) is 0 Å². The highest BCUT2D eigenvalue weighted by molar-refractivity contribution is 5.97. The highest BCUT2D eigenvalue weighted by Gasteiger charge is 2.43. The lowest BCUT2D eigenvalue weighted by Gasteiger charge is -2.49. The van der Waals surface area contributed by atoms with E-state index in [2.05, 4.69) is 17.1 Å². The summed E-state index contributed by atoms with van der Waals surface area (Å²) in [5.74, 6) is 0.142. The SMILES string of the molecule is CN(c1ccc(/C(N)=N/O)cc1)C1CCOC2(CCC2)C1. The summed E-state index contributed by atoms with van der Waals surface area (Å²) in [6.07, 6.45) is 5.90. The fourth-order valence-corrected chi connectivity index (χ4v) is 3.39. The molecule has 114 valence electrons. The predicted octanol–water partition coefficient (Wildman–Crippen LogP) is 2.32. The van der Waals surface area contributed by atoms with Gasteiger partial charge in [0.1, 0.15) is 0 Å². The van der Waals surface area contributed by atoms with Crippen molar-refractivity contribution >= 4 is 11.5 Å². The summed E-state index contributed by atoms with van der Waals surface area (Å²) < 4.78 is 6.00. The molecule has 0 bridgehead atoms. The third kappa shape index (κ3) is 2.70. The average Bonchev–Trinajstić information content (AvgIpc) is 2.52. The summed E-state index contributed by atoms with van der Waals surface area (Å²) in [7, 11) is 2.14. The molecule has 2 aliphatic rings. The number of nitrogens with two attached hydrogens (primary N) is 1. The average molecular weight is 289 g/mol. The van der Waals surface area contributed by atoms with Gasteiger partial charge >= 0.3 is 0 Å². The molecule has 1 saturated carbocycles. The molecule has 1 unspecified atom stereocenters. The number of nitrogens with zero attached hydrogens (tertiary/aromatic N) is 2. The molecule has 1 aliphatic heterocycles. The Kier molecular flexibility index (Phi) is 3.76. The fraction of sp³-hybridized carbons (Fsp3) is 0.562. The van der Waals surface area contributed by atoms with E-state index in [-0.39, 0.29) is 11.4 Å². The molecule has 0 amide bonds. The maximum atomic E-state index is 8.70. The maximum absolute atomic E-state index is 8.70. The molecule has 3 N–H and O–H groups in total. The number of benzene rings is 1. The molecule has 2 fully saturated rings. The fourth-order valence-electron chi connectivity index (χ4n) is 3.39. The lowest BCUT2D eigenvalue weighted by Crippen LogP contribution is -2.51. The third-order valence-corrected chi connectivity index (χ3v) is 4.96. The summed E-state index contributed by atoms with van der Waals surface area (Å²) >= 11 is 0. The molecule has 1 saturated heterocycles. The Morgan fingerprint density at radius 1 is 1.38 bits per heavy atom. The maximum Gasteiger partial charge on any atom is 0.170 e. The van der Waals surface area contributed by atoms with Crippen LogP contribution in [0.3, 0.4) is 0 Å². The Labute approximate surface area is 125 Å². The van der Waals surface area contributed by atoms with Crippen molar-refractivity contribution in [3.63, 3.8) is 0 Å². The van der Waals surface area contributed by atoms with Crippen LogP contribution in [-0.2, 0) is 4.74 Å². The monoisotopic (exact) mass is 289 g/mol. The van der Waals surface area contributed by atoms with E-state index < -0.39 is 0 Å². The van der Waals surface area contributed by atoms with Gasteiger partial charge in [0.05, 0.1) is 5.60 Å². The zero-order chi connectivity index (χ0) is 14.9. The number of ether oxygens (including phenoxy) is 1. The molecule has 0 aromatic heterocycles. The molecule has 1 aliphatic carbocycles. The zero-order valence-corrected chi connectivity index (χ0v) is 12.5. The first-order valence-electron chi connectivity index (χ1n) is 7.58. The summed E-state index contributed by atoms with van der Waals surface area (Å²) in [4.78, 5) is 2.33. The topological polar surface area (TPSA) is 71.1 Å². The third-order valence-electron chi connectivity index (χ3n) is 4.96. The highest BCUT2D eigenvalue weighted by Crippen LogP contribution is 2.43. The minimum absolute atomic E-state index is 0.142. The first kappa shape index (κ1) is 14.2. The second kappa shape index (κ2) is 5.56. The lowest BCUT2D eigenvalue weighted by atomic mass is 9.73. The Morgan fingerprint density at radius 3 is 2.67 bits per heavy atom. The highest BCUT2D eigenvalue weighted by atomic mass is 16.5.